The topological polar surface area (TPSA) is 74.3 Å². The molecule has 1 aromatic rings. The lowest BCUT2D eigenvalue weighted by molar-refractivity contribution is -0.0140. The third-order valence-corrected chi connectivity index (χ3v) is 5.95. The van der Waals surface area contributed by atoms with Gasteiger partial charge < -0.3 is 23.8 Å². The number of benzene rings is 1. The zero-order valence-corrected chi connectivity index (χ0v) is 18.9. The standard InChI is InChI=1S/C24H34FNO6/c1-2-3-4-5-12-29-13-14-30-15-16-31-23(28)26-10-8-24(9-11-26)18-21(27)20-17-19(25)6-7-22(20)32-24/h6-7,17H,2-5,8-16,18H2,1H3. The van der Waals surface area contributed by atoms with E-state index in [0.29, 0.717) is 57.1 Å². The number of piperidine rings is 1. The highest BCUT2D eigenvalue weighted by atomic mass is 19.1. The van der Waals surface area contributed by atoms with Crippen LogP contribution in [0.15, 0.2) is 18.2 Å². The molecule has 8 heteroatoms. The summed E-state index contributed by atoms with van der Waals surface area (Å²) < 4.78 is 35.7. The van der Waals surface area contributed by atoms with Gasteiger partial charge in [0.25, 0.3) is 0 Å². The molecule has 0 aliphatic carbocycles. The number of carbonyl (C=O) groups excluding carboxylic acids is 2. The Morgan fingerprint density at radius 1 is 1.06 bits per heavy atom. The molecule has 178 valence electrons. The summed E-state index contributed by atoms with van der Waals surface area (Å²) in [6.45, 7) is 5.35. The van der Waals surface area contributed by atoms with Crippen molar-refractivity contribution >= 4 is 11.9 Å². The average molecular weight is 452 g/mol. The molecule has 7 nitrogen and oxygen atoms in total. The number of carbonyl (C=O) groups is 2. The monoisotopic (exact) mass is 451 g/mol. The molecule has 2 aliphatic rings. The second-order valence-electron chi connectivity index (χ2n) is 8.41. The summed E-state index contributed by atoms with van der Waals surface area (Å²) in [5.74, 6) is -0.155. The Balaban J connectivity index is 1.29. The summed E-state index contributed by atoms with van der Waals surface area (Å²) in [5, 5.41) is 0. The smallest absolute Gasteiger partial charge is 0.409 e. The van der Waals surface area contributed by atoms with E-state index in [2.05, 4.69) is 6.92 Å². The van der Waals surface area contributed by atoms with Crippen LogP contribution in [0, 0.1) is 5.82 Å². The molecular weight excluding hydrogens is 417 g/mol. The van der Waals surface area contributed by atoms with Crippen LogP contribution in [-0.2, 0) is 14.2 Å². The van der Waals surface area contributed by atoms with Crippen LogP contribution in [0.25, 0.3) is 0 Å². The van der Waals surface area contributed by atoms with Gasteiger partial charge in [-0.05, 0) is 24.6 Å². The maximum atomic E-state index is 13.4. The van der Waals surface area contributed by atoms with Gasteiger partial charge >= 0.3 is 6.09 Å². The van der Waals surface area contributed by atoms with Gasteiger partial charge in [-0.1, -0.05) is 26.2 Å². The van der Waals surface area contributed by atoms with Crippen LogP contribution < -0.4 is 4.74 Å². The van der Waals surface area contributed by atoms with Gasteiger partial charge in [0, 0.05) is 32.5 Å². The molecule has 0 radical (unpaired) electrons. The first-order valence-electron chi connectivity index (χ1n) is 11.6. The number of Topliss-reactive ketones (excluding diaryl/α,β-unsaturated/α-hetero) is 1. The van der Waals surface area contributed by atoms with Crippen LogP contribution in [0.5, 0.6) is 5.75 Å². The van der Waals surface area contributed by atoms with E-state index in [0.717, 1.165) is 13.0 Å². The number of fused-ring (bicyclic) bond motifs is 1. The lowest BCUT2D eigenvalue weighted by atomic mass is 9.82. The van der Waals surface area contributed by atoms with Crippen molar-refractivity contribution < 1.29 is 32.9 Å². The molecule has 32 heavy (non-hydrogen) atoms. The van der Waals surface area contributed by atoms with Gasteiger partial charge in [-0.15, -0.1) is 0 Å². The largest absolute Gasteiger partial charge is 0.486 e. The summed E-state index contributed by atoms with van der Waals surface area (Å²) in [4.78, 5) is 26.4. The highest BCUT2D eigenvalue weighted by molar-refractivity contribution is 6.00. The molecule has 3 rings (SSSR count). The van der Waals surface area contributed by atoms with Gasteiger partial charge in [-0.2, -0.15) is 0 Å². The summed E-state index contributed by atoms with van der Waals surface area (Å²) in [6.07, 6.45) is 5.58. The lowest BCUT2D eigenvalue weighted by Crippen LogP contribution is -2.52. The van der Waals surface area contributed by atoms with Crippen LogP contribution in [0.1, 0.15) is 62.2 Å². The molecule has 0 aromatic heterocycles. The maximum Gasteiger partial charge on any atom is 0.409 e. The van der Waals surface area contributed by atoms with Crippen LogP contribution in [0.4, 0.5) is 9.18 Å². The minimum atomic E-state index is -0.641. The number of halogens is 1. The Kier molecular flexibility index (Phi) is 9.29. The maximum absolute atomic E-state index is 13.4. The van der Waals surface area contributed by atoms with Gasteiger partial charge in [0.2, 0.25) is 0 Å². The second-order valence-corrected chi connectivity index (χ2v) is 8.41. The zero-order valence-electron chi connectivity index (χ0n) is 18.9. The number of rotatable bonds is 11. The first-order valence-corrected chi connectivity index (χ1v) is 11.6. The normalized spacial score (nSPS) is 17.2. The predicted octanol–water partition coefficient (Wildman–Crippen LogP) is 4.38. The van der Waals surface area contributed by atoms with E-state index >= 15 is 0 Å². The van der Waals surface area contributed by atoms with Gasteiger partial charge in [0.05, 0.1) is 31.8 Å². The summed E-state index contributed by atoms with van der Waals surface area (Å²) in [6, 6.07) is 4.01. The quantitative estimate of drug-likeness (QED) is 0.465. The molecule has 1 saturated heterocycles. The molecule has 0 bridgehead atoms. The summed E-state index contributed by atoms with van der Waals surface area (Å²) in [7, 11) is 0. The van der Waals surface area contributed by atoms with E-state index in [-0.39, 0.29) is 24.9 Å². The number of nitrogens with zero attached hydrogens (tertiary/aromatic N) is 1. The molecule has 1 amide bonds. The molecule has 2 heterocycles. The average Bonchev–Trinajstić information content (AvgIpc) is 2.78. The van der Waals surface area contributed by atoms with Crippen molar-refractivity contribution in [2.75, 3.05) is 46.1 Å². The fourth-order valence-electron chi connectivity index (χ4n) is 4.07. The van der Waals surface area contributed by atoms with Gasteiger partial charge in [-0.3, -0.25) is 4.79 Å². The van der Waals surface area contributed by atoms with Gasteiger partial charge in [0.1, 0.15) is 23.8 Å². The van der Waals surface area contributed by atoms with Crippen molar-refractivity contribution in [1.29, 1.82) is 0 Å². The van der Waals surface area contributed by atoms with E-state index in [9.17, 15) is 14.0 Å². The number of ether oxygens (including phenoxy) is 4. The minimum absolute atomic E-state index is 0.121. The second kappa shape index (κ2) is 12.2. The van der Waals surface area contributed by atoms with E-state index in [4.69, 9.17) is 18.9 Å². The first kappa shape index (κ1) is 24.5. The fraction of sp³-hybridized carbons (Fsp3) is 0.667. The van der Waals surface area contributed by atoms with Crippen molar-refractivity contribution in [3.63, 3.8) is 0 Å². The van der Waals surface area contributed by atoms with Crippen LogP contribution in [0.2, 0.25) is 0 Å². The van der Waals surface area contributed by atoms with E-state index < -0.39 is 11.4 Å². The SMILES string of the molecule is CCCCCCOCCOCCOC(=O)N1CCC2(CC1)CC(=O)c1cc(F)ccc1O2. The van der Waals surface area contributed by atoms with Crippen LogP contribution >= 0.6 is 0 Å². The molecule has 1 fully saturated rings. The number of likely N-dealkylation sites (tertiary alicyclic amines) is 1. The summed E-state index contributed by atoms with van der Waals surface area (Å²) in [5.41, 5.74) is -0.349. The van der Waals surface area contributed by atoms with E-state index in [1.807, 2.05) is 0 Å². The van der Waals surface area contributed by atoms with Crippen molar-refractivity contribution in [1.82, 2.24) is 4.90 Å². The Bertz CT molecular complexity index is 763. The molecule has 2 aliphatic heterocycles. The van der Waals surface area contributed by atoms with Crippen LogP contribution in [-0.4, -0.2) is 68.5 Å². The third kappa shape index (κ3) is 6.90. The number of ketones is 1. The van der Waals surface area contributed by atoms with Crippen molar-refractivity contribution in [3.05, 3.63) is 29.6 Å². The third-order valence-electron chi connectivity index (χ3n) is 5.95. The first-order chi connectivity index (χ1) is 15.5. The molecular formula is C24H34FNO6. The van der Waals surface area contributed by atoms with E-state index in [1.54, 1.807) is 4.90 Å². The van der Waals surface area contributed by atoms with E-state index in [1.165, 1.54) is 37.5 Å². The summed E-state index contributed by atoms with van der Waals surface area (Å²) >= 11 is 0. The Morgan fingerprint density at radius 3 is 2.53 bits per heavy atom. The fourth-order valence-corrected chi connectivity index (χ4v) is 4.07. The molecule has 0 atom stereocenters. The van der Waals surface area contributed by atoms with Gasteiger partial charge in [-0.25, -0.2) is 9.18 Å². The highest BCUT2D eigenvalue weighted by Crippen LogP contribution is 2.39. The number of amides is 1. The molecule has 0 saturated carbocycles. The lowest BCUT2D eigenvalue weighted by Gasteiger charge is -2.43. The molecule has 0 N–H and O–H groups in total. The van der Waals surface area contributed by atoms with Crippen molar-refractivity contribution in [2.24, 2.45) is 0 Å². The highest BCUT2D eigenvalue weighted by Gasteiger charge is 2.44. The number of hydrogen-bond donors (Lipinski definition) is 0. The Morgan fingerprint density at radius 2 is 1.78 bits per heavy atom. The van der Waals surface area contributed by atoms with Gasteiger partial charge in [0.15, 0.2) is 5.78 Å². The Labute approximate surface area is 189 Å². The predicted molar refractivity (Wildman–Crippen MR) is 117 cm³/mol. The molecule has 0 unspecified atom stereocenters. The number of unbranched alkanes of at least 4 members (excludes halogenated alkanes) is 3. The minimum Gasteiger partial charge on any atom is -0.486 e. The zero-order chi connectivity index (χ0) is 22.8. The van der Waals surface area contributed by atoms with Crippen molar-refractivity contribution in [2.45, 2.75) is 57.5 Å². The Hall–Kier alpha value is -2.19. The molecule has 1 aromatic carbocycles. The van der Waals surface area contributed by atoms with Crippen LogP contribution in [0.3, 0.4) is 0 Å². The number of hydrogen-bond acceptors (Lipinski definition) is 6. The molecule has 1 spiro atoms. The van der Waals surface area contributed by atoms with Crippen molar-refractivity contribution in [3.8, 4) is 5.75 Å².